The van der Waals surface area contributed by atoms with E-state index in [4.69, 9.17) is 0 Å². The summed E-state index contributed by atoms with van der Waals surface area (Å²) >= 11 is 0. The molecule has 2 aromatic carbocycles. The van der Waals surface area contributed by atoms with E-state index >= 15 is 0 Å². The first kappa shape index (κ1) is 19.5. The van der Waals surface area contributed by atoms with Crippen LogP contribution in [0.25, 0.3) is 6.08 Å². The van der Waals surface area contributed by atoms with Crippen molar-refractivity contribution in [1.29, 1.82) is 0 Å². The van der Waals surface area contributed by atoms with Crippen LogP contribution in [0.1, 0.15) is 36.8 Å². The Morgan fingerprint density at radius 1 is 1.00 bits per heavy atom. The lowest BCUT2D eigenvalue weighted by Crippen LogP contribution is -2.53. The fraction of sp³-hybridized carbons (Fsp3) is 0.348. The zero-order chi connectivity index (χ0) is 17.9. The highest BCUT2D eigenvalue weighted by Gasteiger charge is 2.31. The van der Waals surface area contributed by atoms with Gasteiger partial charge in [0.2, 0.25) is 5.91 Å². The lowest BCUT2D eigenvalue weighted by atomic mass is 10.0. The quantitative estimate of drug-likeness (QED) is 0.713. The van der Waals surface area contributed by atoms with Gasteiger partial charge in [-0.2, -0.15) is 0 Å². The largest absolute Gasteiger partial charge is 0.365 e. The molecule has 2 aromatic rings. The minimum absolute atomic E-state index is 0. The van der Waals surface area contributed by atoms with E-state index in [1.807, 2.05) is 41.3 Å². The lowest BCUT2D eigenvalue weighted by Gasteiger charge is -2.41. The Bertz CT molecular complexity index is 801. The van der Waals surface area contributed by atoms with Gasteiger partial charge in [-0.3, -0.25) is 4.79 Å². The summed E-state index contributed by atoms with van der Waals surface area (Å²) in [7, 11) is 0. The van der Waals surface area contributed by atoms with Gasteiger partial charge >= 0.3 is 0 Å². The zero-order valence-corrected chi connectivity index (χ0v) is 16.6. The van der Waals surface area contributed by atoms with Crippen molar-refractivity contribution < 1.29 is 4.79 Å². The average molecular weight is 383 g/mol. The Balaban J connectivity index is 0.00000210. The third-order valence-corrected chi connectivity index (χ3v) is 5.42. The number of nitrogens with zero attached hydrogens (tertiary/aromatic N) is 2. The molecule has 1 saturated carbocycles. The normalized spacial score (nSPS) is 19.8. The van der Waals surface area contributed by atoms with Crippen molar-refractivity contribution in [3.63, 3.8) is 0 Å². The SMILES string of the molecule is CC1CN(C(=O)C=Cc2ccccc2)CCN1c1ccccc1C1CC1.Cl. The van der Waals surface area contributed by atoms with Crippen molar-refractivity contribution in [2.75, 3.05) is 24.5 Å². The van der Waals surface area contributed by atoms with Crippen LogP contribution in [0.3, 0.4) is 0 Å². The number of hydrogen-bond donors (Lipinski definition) is 0. The number of carbonyl (C=O) groups is 1. The summed E-state index contributed by atoms with van der Waals surface area (Å²) in [6.07, 6.45) is 6.24. The molecule has 0 spiro atoms. The second kappa shape index (κ2) is 8.62. The maximum absolute atomic E-state index is 12.6. The maximum Gasteiger partial charge on any atom is 0.246 e. The van der Waals surface area contributed by atoms with Crippen molar-refractivity contribution in [2.24, 2.45) is 0 Å². The molecule has 4 heteroatoms. The second-order valence-electron chi connectivity index (χ2n) is 7.40. The van der Waals surface area contributed by atoms with E-state index in [0.717, 1.165) is 31.1 Å². The van der Waals surface area contributed by atoms with Gasteiger partial charge in [-0.1, -0.05) is 48.5 Å². The molecule has 1 saturated heterocycles. The monoisotopic (exact) mass is 382 g/mol. The first-order valence-corrected chi connectivity index (χ1v) is 9.60. The molecule has 1 heterocycles. The van der Waals surface area contributed by atoms with Crippen LogP contribution in [-0.2, 0) is 4.79 Å². The number of hydrogen-bond acceptors (Lipinski definition) is 2. The molecule has 27 heavy (non-hydrogen) atoms. The van der Waals surface area contributed by atoms with Gasteiger partial charge in [-0.05, 0) is 49.0 Å². The zero-order valence-electron chi connectivity index (χ0n) is 15.8. The van der Waals surface area contributed by atoms with E-state index in [0.29, 0.717) is 6.04 Å². The van der Waals surface area contributed by atoms with Crippen molar-refractivity contribution in [1.82, 2.24) is 4.90 Å². The molecule has 2 aliphatic rings. The number of piperazine rings is 1. The highest BCUT2D eigenvalue weighted by Crippen LogP contribution is 2.44. The maximum atomic E-state index is 12.6. The third kappa shape index (κ3) is 4.54. The van der Waals surface area contributed by atoms with E-state index in [2.05, 4.69) is 36.1 Å². The molecule has 142 valence electrons. The van der Waals surface area contributed by atoms with Gasteiger partial charge in [0.05, 0.1) is 0 Å². The predicted molar refractivity (Wildman–Crippen MR) is 115 cm³/mol. The number of halogens is 1. The minimum atomic E-state index is 0. The minimum Gasteiger partial charge on any atom is -0.365 e. The first-order valence-electron chi connectivity index (χ1n) is 9.60. The van der Waals surface area contributed by atoms with E-state index in [1.54, 1.807) is 6.08 Å². The molecule has 1 aliphatic heterocycles. The van der Waals surface area contributed by atoms with Gasteiger partial charge in [0.25, 0.3) is 0 Å². The number of carbonyl (C=O) groups excluding carboxylic acids is 1. The van der Waals surface area contributed by atoms with Crippen molar-refractivity contribution in [2.45, 2.75) is 31.7 Å². The predicted octanol–water partition coefficient (Wildman–Crippen LogP) is 4.74. The standard InChI is InChI=1S/C23H26N2O.ClH/c1-18-17-24(23(26)14-11-19-7-3-2-4-8-19)15-16-25(18)22-10-6-5-9-21(22)20-12-13-20;/h2-11,14,18,20H,12-13,15-17H2,1H3;1H. The summed E-state index contributed by atoms with van der Waals surface area (Å²) in [5, 5.41) is 0. The average Bonchev–Trinajstić information content (AvgIpc) is 3.52. The number of amides is 1. The Labute approximate surface area is 168 Å². The van der Waals surface area contributed by atoms with E-state index in [9.17, 15) is 4.79 Å². The van der Waals surface area contributed by atoms with Crippen LogP contribution in [0.4, 0.5) is 5.69 Å². The van der Waals surface area contributed by atoms with Crippen LogP contribution < -0.4 is 4.90 Å². The second-order valence-corrected chi connectivity index (χ2v) is 7.40. The van der Waals surface area contributed by atoms with E-state index in [1.165, 1.54) is 24.1 Å². The van der Waals surface area contributed by atoms with E-state index in [-0.39, 0.29) is 18.3 Å². The molecule has 1 aliphatic carbocycles. The summed E-state index contributed by atoms with van der Waals surface area (Å²) in [5.41, 5.74) is 3.92. The molecular formula is C23H27ClN2O. The molecule has 2 fully saturated rings. The van der Waals surface area contributed by atoms with Gasteiger partial charge < -0.3 is 9.80 Å². The van der Waals surface area contributed by atoms with Gasteiger partial charge in [0.1, 0.15) is 0 Å². The van der Waals surface area contributed by atoms with Gasteiger partial charge in [0, 0.05) is 37.4 Å². The van der Waals surface area contributed by atoms with Crippen LogP contribution in [0.15, 0.2) is 60.7 Å². The number of benzene rings is 2. The lowest BCUT2D eigenvalue weighted by molar-refractivity contribution is -0.126. The molecule has 1 amide bonds. The molecule has 4 rings (SSSR count). The molecule has 1 atom stereocenters. The van der Waals surface area contributed by atoms with Crippen molar-refractivity contribution in [3.05, 3.63) is 71.8 Å². The summed E-state index contributed by atoms with van der Waals surface area (Å²) in [6.45, 7) is 4.68. The number of para-hydroxylation sites is 1. The summed E-state index contributed by atoms with van der Waals surface area (Å²) in [5.74, 6) is 0.850. The first-order chi connectivity index (χ1) is 12.7. The summed E-state index contributed by atoms with van der Waals surface area (Å²) < 4.78 is 0. The fourth-order valence-electron chi connectivity index (χ4n) is 3.84. The third-order valence-electron chi connectivity index (χ3n) is 5.42. The number of anilines is 1. The molecular weight excluding hydrogens is 356 g/mol. The number of rotatable bonds is 4. The van der Waals surface area contributed by atoms with Gasteiger partial charge in [0.15, 0.2) is 0 Å². The van der Waals surface area contributed by atoms with Crippen LogP contribution in [0.5, 0.6) is 0 Å². The van der Waals surface area contributed by atoms with Gasteiger partial charge in [-0.25, -0.2) is 0 Å². The van der Waals surface area contributed by atoms with Crippen LogP contribution in [0.2, 0.25) is 0 Å². The van der Waals surface area contributed by atoms with Crippen LogP contribution in [-0.4, -0.2) is 36.5 Å². The van der Waals surface area contributed by atoms with Crippen molar-refractivity contribution >= 4 is 30.1 Å². The highest BCUT2D eigenvalue weighted by molar-refractivity contribution is 5.92. The molecule has 0 N–H and O–H groups in total. The molecule has 0 aromatic heterocycles. The van der Waals surface area contributed by atoms with E-state index < -0.39 is 0 Å². The molecule has 0 radical (unpaired) electrons. The smallest absolute Gasteiger partial charge is 0.246 e. The highest BCUT2D eigenvalue weighted by atomic mass is 35.5. The van der Waals surface area contributed by atoms with Crippen LogP contribution in [0, 0.1) is 0 Å². The Morgan fingerprint density at radius 3 is 2.41 bits per heavy atom. The summed E-state index contributed by atoms with van der Waals surface area (Å²) in [6, 6.07) is 19.1. The van der Waals surface area contributed by atoms with Gasteiger partial charge in [-0.15, -0.1) is 12.4 Å². The Morgan fingerprint density at radius 2 is 1.70 bits per heavy atom. The van der Waals surface area contributed by atoms with Crippen LogP contribution >= 0.6 is 12.4 Å². The van der Waals surface area contributed by atoms with Crippen molar-refractivity contribution in [3.8, 4) is 0 Å². The molecule has 0 bridgehead atoms. The molecule has 1 unspecified atom stereocenters. The topological polar surface area (TPSA) is 23.6 Å². The Kier molecular flexibility index (Phi) is 6.22. The molecule has 3 nitrogen and oxygen atoms in total. The summed E-state index contributed by atoms with van der Waals surface area (Å²) in [4.78, 5) is 17.0. The fourth-order valence-corrected chi connectivity index (χ4v) is 3.84. The Hall–Kier alpha value is -2.26.